The minimum Gasteiger partial charge on any atom is -0.334 e. The summed E-state index contributed by atoms with van der Waals surface area (Å²) in [5.74, 6) is -0.984. The first-order valence-electron chi connectivity index (χ1n) is 3.80. The molecule has 0 fully saturated rings. The lowest BCUT2D eigenvalue weighted by Crippen LogP contribution is -2.06. The lowest BCUT2D eigenvalue weighted by atomic mass is 10.3. The van der Waals surface area contributed by atoms with Crippen LogP contribution in [0.15, 0.2) is 21.1 Å². The molecule has 2 rings (SSSR count). The highest BCUT2D eigenvalue weighted by molar-refractivity contribution is 9.13. The Bertz CT molecular complexity index is 479. The second kappa shape index (κ2) is 3.48. The summed E-state index contributed by atoms with van der Waals surface area (Å²) < 4.78 is 38.3. The van der Waals surface area contributed by atoms with E-state index < -0.39 is 12.0 Å². The van der Waals surface area contributed by atoms with Crippen molar-refractivity contribution in [1.82, 2.24) is 9.97 Å². The van der Waals surface area contributed by atoms with Crippen LogP contribution in [0.25, 0.3) is 11.0 Å². The van der Waals surface area contributed by atoms with Crippen LogP contribution in [0, 0.1) is 0 Å². The number of nitrogens with one attached hydrogen (secondary N) is 1. The summed E-state index contributed by atoms with van der Waals surface area (Å²) in [4.78, 5) is 5.67. The summed E-state index contributed by atoms with van der Waals surface area (Å²) in [5, 5.41) is 0. The van der Waals surface area contributed by atoms with Gasteiger partial charge < -0.3 is 4.98 Å². The van der Waals surface area contributed by atoms with Crippen molar-refractivity contribution in [2.45, 2.75) is 6.18 Å². The SMILES string of the molecule is FC(F)(F)c1nc2cc(Br)c(Br)cc2[nH]1. The summed E-state index contributed by atoms with van der Waals surface area (Å²) in [5.41, 5.74) is 0.620. The molecule has 0 atom stereocenters. The Morgan fingerprint density at radius 2 is 1.73 bits per heavy atom. The van der Waals surface area contributed by atoms with Crippen molar-refractivity contribution in [2.24, 2.45) is 0 Å². The van der Waals surface area contributed by atoms with Crippen LogP contribution in [0.2, 0.25) is 0 Å². The van der Waals surface area contributed by atoms with Crippen molar-refractivity contribution in [2.75, 3.05) is 0 Å². The highest BCUT2D eigenvalue weighted by atomic mass is 79.9. The van der Waals surface area contributed by atoms with Crippen LogP contribution in [0.5, 0.6) is 0 Å². The molecule has 2 nitrogen and oxygen atoms in total. The summed E-state index contributed by atoms with van der Waals surface area (Å²) >= 11 is 6.39. The van der Waals surface area contributed by atoms with Crippen molar-refractivity contribution in [3.05, 3.63) is 26.9 Å². The van der Waals surface area contributed by atoms with E-state index in [4.69, 9.17) is 0 Å². The average Bonchev–Trinajstić information content (AvgIpc) is 2.47. The van der Waals surface area contributed by atoms with Gasteiger partial charge in [-0.15, -0.1) is 0 Å². The van der Waals surface area contributed by atoms with Gasteiger partial charge in [0.25, 0.3) is 0 Å². The predicted molar refractivity (Wildman–Crippen MR) is 56.5 cm³/mol. The van der Waals surface area contributed by atoms with Crippen LogP contribution in [0.1, 0.15) is 5.82 Å². The van der Waals surface area contributed by atoms with Crippen molar-refractivity contribution in [3.63, 3.8) is 0 Å². The molecule has 7 heteroatoms. The molecule has 0 unspecified atom stereocenters. The number of aromatic nitrogens is 2. The minimum atomic E-state index is -4.45. The van der Waals surface area contributed by atoms with Crippen LogP contribution < -0.4 is 0 Å². The molecule has 2 aromatic rings. The summed E-state index contributed by atoms with van der Waals surface area (Å²) in [6.45, 7) is 0. The van der Waals surface area contributed by atoms with E-state index in [1.54, 1.807) is 6.07 Å². The zero-order valence-corrected chi connectivity index (χ0v) is 10.2. The first kappa shape index (κ1) is 10.9. The maximum Gasteiger partial charge on any atom is 0.449 e. The molecule has 0 spiro atoms. The zero-order valence-electron chi connectivity index (χ0n) is 6.99. The molecule has 0 radical (unpaired) electrons. The number of hydrogen-bond acceptors (Lipinski definition) is 1. The minimum absolute atomic E-state index is 0.275. The molecule has 0 amide bonds. The Morgan fingerprint density at radius 3 is 2.33 bits per heavy atom. The van der Waals surface area contributed by atoms with E-state index in [1.165, 1.54) is 6.07 Å². The van der Waals surface area contributed by atoms with E-state index in [1.807, 2.05) is 0 Å². The third-order valence-electron chi connectivity index (χ3n) is 1.79. The Morgan fingerprint density at radius 1 is 1.13 bits per heavy atom. The number of rotatable bonds is 0. The van der Waals surface area contributed by atoms with Crippen molar-refractivity contribution in [1.29, 1.82) is 0 Å². The molecule has 0 saturated heterocycles. The molecule has 1 N–H and O–H groups in total. The fraction of sp³-hybridized carbons (Fsp3) is 0.125. The number of alkyl halides is 3. The average molecular weight is 344 g/mol. The van der Waals surface area contributed by atoms with E-state index in [0.717, 1.165) is 0 Å². The number of nitrogens with zero attached hydrogens (tertiary/aromatic N) is 1. The summed E-state index contributed by atoms with van der Waals surface area (Å²) in [6.07, 6.45) is -4.45. The smallest absolute Gasteiger partial charge is 0.334 e. The van der Waals surface area contributed by atoms with Gasteiger partial charge in [0.2, 0.25) is 5.82 Å². The van der Waals surface area contributed by atoms with Crippen LogP contribution in [-0.4, -0.2) is 9.97 Å². The molecule has 0 saturated carbocycles. The largest absolute Gasteiger partial charge is 0.449 e. The molecule has 1 heterocycles. The number of benzene rings is 1. The Hall–Kier alpha value is -0.560. The third kappa shape index (κ3) is 2.03. The van der Waals surface area contributed by atoms with E-state index in [0.29, 0.717) is 14.5 Å². The number of hydrogen-bond donors (Lipinski definition) is 1. The second-order valence-corrected chi connectivity index (χ2v) is 4.58. The first-order valence-corrected chi connectivity index (χ1v) is 5.38. The molecule has 15 heavy (non-hydrogen) atoms. The highest BCUT2D eigenvalue weighted by Crippen LogP contribution is 2.32. The maximum atomic E-state index is 12.3. The third-order valence-corrected chi connectivity index (χ3v) is 3.64. The van der Waals surface area contributed by atoms with Crippen LogP contribution in [-0.2, 0) is 6.18 Å². The van der Waals surface area contributed by atoms with E-state index in [9.17, 15) is 13.2 Å². The van der Waals surface area contributed by atoms with Crippen LogP contribution in [0.4, 0.5) is 13.2 Å². The lowest BCUT2D eigenvalue weighted by Gasteiger charge is -1.98. The molecule has 0 bridgehead atoms. The van der Waals surface area contributed by atoms with E-state index >= 15 is 0 Å². The van der Waals surface area contributed by atoms with E-state index in [-0.39, 0.29) is 5.52 Å². The summed E-state index contributed by atoms with van der Waals surface area (Å²) in [6, 6.07) is 3.06. The molecule has 0 aliphatic carbocycles. The number of halogens is 5. The van der Waals surface area contributed by atoms with Gasteiger partial charge in [0, 0.05) is 8.95 Å². The second-order valence-electron chi connectivity index (χ2n) is 2.87. The molecule has 0 aliphatic rings. The molecule has 1 aromatic carbocycles. The van der Waals surface area contributed by atoms with Gasteiger partial charge in [-0.05, 0) is 44.0 Å². The van der Waals surface area contributed by atoms with Gasteiger partial charge in [0.1, 0.15) is 0 Å². The highest BCUT2D eigenvalue weighted by Gasteiger charge is 2.34. The molecular formula is C8H3Br2F3N2. The fourth-order valence-electron chi connectivity index (χ4n) is 1.14. The van der Waals surface area contributed by atoms with Gasteiger partial charge in [-0.3, -0.25) is 0 Å². The number of aromatic amines is 1. The van der Waals surface area contributed by atoms with Gasteiger partial charge in [0.05, 0.1) is 11.0 Å². The number of H-pyrrole nitrogens is 1. The van der Waals surface area contributed by atoms with Crippen LogP contribution >= 0.6 is 31.9 Å². The zero-order chi connectivity index (χ0) is 11.2. The van der Waals surface area contributed by atoms with Crippen molar-refractivity contribution >= 4 is 42.9 Å². The van der Waals surface area contributed by atoms with Crippen molar-refractivity contribution in [3.8, 4) is 0 Å². The van der Waals surface area contributed by atoms with Gasteiger partial charge in [0.15, 0.2) is 0 Å². The number of imidazole rings is 1. The van der Waals surface area contributed by atoms with E-state index in [2.05, 4.69) is 41.8 Å². The van der Waals surface area contributed by atoms with Gasteiger partial charge >= 0.3 is 6.18 Å². The van der Waals surface area contributed by atoms with Gasteiger partial charge in [-0.2, -0.15) is 13.2 Å². The van der Waals surface area contributed by atoms with Gasteiger partial charge in [-0.25, -0.2) is 4.98 Å². The lowest BCUT2D eigenvalue weighted by molar-refractivity contribution is -0.144. The molecule has 0 aliphatic heterocycles. The summed E-state index contributed by atoms with van der Waals surface area (Å²) in [7, 11) is 0. The normalized spacial score (nSPS) is 12.3. The van der Waals surface area contributed by atoms with Crippen LogP contribution in [0.3, 0.4) is 0 Å². The Kier molecular flexibility index (Phi) is 2.54. The topological polar surface area (TPSA) is 28.7 Å². The number of fused-ring (bicyclic) bond motifs is 1. The molecule has 80 valence electrons. The quantitative estimate of drug-likeness (QED) is 0.766. The molecule has 1 aromatic heterocycles. The maximum absolute atomic E-state index is 12.3. The predicted octanol–water partition coefficient (Wildman–Crippen LogP) is 4.11. The fourth-order valence-corrected chi connectivity index (χ4v) is 1.81. The van der Waals surface area contributed by atoms with Gasteiger partial charge in [-0.1, -0.05) is 0 Å². The Labute approximate surface area is 99.1 Å². The first-order chi connectivity index (χ1) is 6.88. The monoisotopic (exact) mass is 342 g/mol. The Balaban J connectivity index is 2.66. The van der Waals surface area contributed by atoms with Crippen molar-refractivity contribution < 1.29 is 13.2 Å². The molecular weight excluding hydrogens is 341 g/mol. The standard InChI is InChI=1S/C8H3Br2F3N2/c9-3-1-5-6(2-4(3)10)15-7(14-5)8(11,12)13/h1-2H,(H,14,15).